The van der Waals surface area contributed by atoms with Crippen molar-refractivity contribution in [3.63, 3.8) is 0 Å². The van der Waals surface area contributed by atoms with Gasteiger partial charge in [-0.1, -0.05) is 48.5 Å². The average molecular weight is 519 g/mol. The van der Waals surface area contributed by atoms with E-state index >= 15 is 0 Å². The molecule has 194 valence electrons. The van der Waals surface area contributed by atoms with Gasteiger partial charge in [-0.2, -0.15) is 4.98 Å². The maximum atomic E-state index is 13.7. The van der Waals surface area contributed by atoms with Crippen molar-refractivity contribution in [2.45, 2.75) is 13.0 Å². The fourth-order valence-electron chi connectivity index (χ4n) is 4.95. The number of hydrogen-bond donors (Lipinski definition) is 2. The Kier molecular flexibility index (Phi) is 6.16. The number of carbonyl (C=O) groups is 1. The molecule has 1 unspecified atom stereocenters. The van der Waals surface area contributed by atoms with Crippen LogP contribution < -0.4 is 20.1 Å². The summed E-state index contributed by atoms with van der Waals surface area (Å²) >= 11 is 0. The summed E-state index contributed by atoms with van der Waals surface area (Å²) in [5.74, 6) is 1.96. The van der Waals surface area contributed by atoms with Gasteiger partial charge in [0.25, 0.3) is 5.91 Å². The molecule has 1 atom stereocenters. The number of hydrogen-bond acceptors (Lipinski definition) is 7. The fourth-order valence-corrected chi connectivity index (χ4v) is 4.95. The summed E-state index contributed by atoms with van der Waals surface area (Å²) in [4.78, 5) is 22.7. The van der Waals surface area contributed by atoms with Gasteiger partial charge in [0.05, 0.1) is 31.7 Å². The number of ether oxygens (including phenoxy) is 2. The second-order valence-electron chi connectivity index (χ2n) is 9.11. The molecule has 1 aliphatic heterocycles. The molecule has 0 radical (unpaired) electrons. The lowest BCUT2D eigenvalue weighted by Gasteiger charge is -2.29. The molecule has 3 heterocycles. The lowest BCUT2D eigenvalue weighted by molar-refractivity contribution is -0.113. The molecule has 0 aliphatic carbocycles. The van der Waals surface area contributed by atoms with E-state index in [1.54, 1.807) is 43.4 Å². The predicted molar refractivity (Wildman–Crippen MR) is 150 cm³/mol. The highest BCUT2D eigenvalue weighted by atomic mass is 16.5. The van der Waals surface area contributed by atoms with Crippen molar-refractivity contribution < 1.29 is 14.3 Å². The number of nitrogens with one attached hydrogen (secondary N) is 2. The lowest BCUT2D eigenvalue weighted by Crippen LogP contribution is -2.31. The largest absolute Gasteiger partial charge is 0.493 e. The first kappa shape index (κ1) is 24.2. The highest BCUT2D eigenvalue weighted by molar-refractivity contribution is 6.06. The van der Waals surface area contributed by atoms with Crippen molar-refractivity contribution in [3.8, 4) is 22.9 Å². The summed E-state index contributed by atoms with van der Waals surface area (Å²) < 4.78 is 12.8. The minimum atomic E-state index is -0.589. The van der Waals surface area contributed by atoms with Gasteiger partial charge in [-0.05, 0) is 47.5 Å². The van der Waals surface area contributed by atoms with Crippen LogP contribution in [0, 0.1) is 0 Å². The topological polar surface area (TPSA) is 103 Å². The Hall–Kier alpha value is -5.18. The van der Waals surface area contributed by atoms with Crippen molar-refractivity contribution in [2.24, 2.45) is 0 Å². The molecule has 1 amide bonds. The third-order valence-corrected chi connectivity index (χ3v) is 6.77. The first-order valence-corrected chi connectivity index (χ1v) is 12.4. The third-order valence-electron chi connectivity index (χ3n) is 6.77. The highest BCUT2D eigenvalue weighted by Crippen LogP contribution is 2.40. The first-order chi connectivity index (χ1) is 19.1. The number of methoxy groups -OCH3 is 2. The van der Waals surface area contributed by atoms with Crippen LogP contribution in [0.3, 0.4) is 0 Å². The second kappa shape index (κ2) is 9.94. The Balaban J connectivity index is 1.50. The Morgan fingerprint density at radius 2 is 1.79 bits per heavy atom. The Morgan fingerprint density at radius 1 is 0.974 bits per heavy atom. The standard InChI is InChI=1S/C30H26N6O3/c1-18-26(29(37)33-21-10-7-15-31-17-21)27(20-13-14-24(38-2)25(16-20)39-3)36-30(32-18)34-28(35-36)23-12-6-9-19-8-4-5-11-22(19)23/h4-17,27H,1-3H3,(H,33,37)(H,32,34,35). The minimum Gasteiger partial charge on any atom is -0.493 e. The van der Waals surface area contributed by atoms with E-state index in [2.05, 4.69) is 33.8 Å². The number of nitrogens with zero attached hydrogens (tertiary/aromatic N) is 4. The molecule has 2 N–H and O–H groups in total. The van der Waals surface area contributed by atoms with E-state index in [0.717, 1.165) is 21.9 Å². The van der Waals surface area contributed by atoms with Crippen LogP contribution in [0.15, 0.2) is 96.5 Å². The number of pyridine rings is 1. The van der Waals surface area contributed by atoms with Gasteiger partial charge in [0.1, 0.15) is 6.04 Å². The van der Waals surface area contributed by atoms with E-state index in [4.69, 9.17) is 19.6 Å². The van der Waals surface area contributed by atoms with E-state index in [-0.39, 0.29) is 5.91 Å². The average Bonchev–Trinajstić information content (AvgIpc) is 3.39. The van der Waals surface area contributed by atoms with Gasteiger partial charge >= 0.3 is 0 Å². The summed E-state index contributed by atoms with van der Waals surface area (Å²) in [7, 11) is 3.17. The number of amides is 1. The lowest BCUT2D eigenvalue weighted by atomic mass is 9.94. The van der Waals surface area contributed by atoms with E-state index in [9.17, 15) is 4.79 Å². The number of allylic oxidation sites excluding steroid dienone is 1. The van der Waals surface area contributed by atoms with E-state index < -0.39 is 6.04 Å². The molecule has 3 aromatic carbocycles. The normalized spacial score (nSPS) is 14.5. The molecule has 2 aromatic heterocycles. The van der Waals surface area contributed by atoms with Crippen LogP contribution in [-0.2, 0) is 4.79 Å². The molecule has 0 fully saturated rings. The van der Waals surface area contributed by atoms with Crippen LogP contribution in [0.2, 0.25) is 0 Å². The molecular formula is C30H26N6O3. The van der Waals surface area contributed by atoms with Gasteiger partial charge in [0.2, 0.25) is 5.95 Å². The van der Waals surface area contributed by atoms with Crippen LogP contribution in [0.4, 0.5) is 11.6 Å². The Morgan fingerprint density at radius 3 is 2.59 bits per heavy atom. The van der Waals surface area contributed by atoms with Crippen LogP contribution >= 0.6 is 0 Å². The zero-order valence-electron chi connectivity index (χ0n) is 21.7. The van der Waals surface area contributed by atoms with Gasteiger partial charge in [-0.25, -0.2) is 4.68 Å². The zero-order chi connectivity index (χ0) is 26.9. The number of carbonyl (C=O) groups excluding carboxylic acids is 1. The van der Waals surface area contributed by atoms with E-state index in [1.807, 2.05) is 49.4 Å². The summed E-state index contributed by atoms with van der Waals surface area (Å²) in [6.07, 6.45) is 3.26. The molecule has 0 saturated carbocycles. The molecule has 5 aromatic rings. The third kappa shape index (κ3) is 4.33. The van der Waals surface area contributed by atoms with Gasteiger partial charge in [-0.3, -0.25) is 9.78 Å². The molecular weight excluding hydrogens is 492 g/mol. The summed E-state index contributed by atoms with van der Waals surface area (Å²) in [6, 6.07) is 22.8. The van der Waals surface area contributed by atoms with Crippen LogP contribution in [-0.4, -0.2) is 39.9 Å². The van der Waals surface area contributed by atoms with Gasteiger partial charge < -0.3 is 20.1 Å². The molecule has 39 heavy (non-hydrogen) atoms. The SMILES string of the molecule is COc1ccc(C2C(C(=O)Nc3cccnc3)=C(C)Nc3nc(-c4cccc5ccccc45)nn32)cc1OC. The first-order valence-electron chi connectivity index (χ1n) is 12.4. The molecule has 1 aliphatic rings. The maximum Gasteiger partial charge on any atom is 0.255 e. The maximum absolute atomic E-state index is 13.7. The summed E-state index contributed by atoms with van der Waals surface area (Å²) in [6.45, 7) is 1.86. The molecule has 9 nitrogen and oxygen atoms in total. The number of rotatable bonds is 6. The Labute approximate surface area is 225 Å². The number of aromatic nitrogens is 4. The number of benzene rings is 3. The van der Waals surface area contributed by atoms with Gasteiger partial charge in [-0.15, -0.1) is 5.10 Å². The zero-order valence-corrected chi connectivity index (χ0v) is 21.7. The molecule has 0 bridgehead atoms. The molecule has 0 saturated heterocycles. The van der Waals surface area contributed by atoms with Gasteiger partial charge in [0.15, 0.2) is 17.3 Å². The smallest absolute Gasteiger partial charge is 0.255 e. The fraction of sp³-hybridized carbons (Fsp3) is 0.133. The van der Waals surface area contributed by atoms with Crippen LogP contribution in [0.5, 0.6) is 11.5 Å². The molecule has 9 heteroatoms. The minimum absolute atomic E-state index is 0.277. The monoisotopic (exact) mass is 518 g/mol. The quantitative estimate of drug-likeness (QED) is 0.309. The van der Waals surface area contributed by atoms with Crippen molar-refractivity contribution in [1.82, 2.24) is 19.7 Å². The summed E-state index contributed by atoms with van der Waals surface area (Å²) in [5, 5.41) is 13.4. The number of anilines is 2. The summed E-state index contributed by atoms with van der Waals surface area (Å²) in [5.41, 5.74) is 3.45. The van der Waals surface area contributed by atoms with E-state index in [1.165, 1.54) is 0 Å². The van der Waals surface area contributed by atoms with Crippen molar-refractivity contribution in [1.29, 1.82) is 0 Å². The number of fused-ring (bicyclic) bond motifs is 2. The predicted octanol–water partition coefficient (Wildman–Crippen LogP) is 5.44. The van der Waals surface area contributed by atoms with Crippen molar-refractivity contribution in [2.75, 3.05) is 24.9 Å². The highest BCUT2D eigenvalue weighted by Gasteiger charge is 2.35. The second-order valence-corrected chi connectivity index (χ2v) is 9.11. The molecule has 0 spiro atoms. The van der Waals surface area contributed by atoms with Gasteiger partial charge in [0, 0.05) is 17.5 Å². The Bertz CT molecular complexity index is 1720. The van der Waals surface area contributed by atoms with Crippen molar-refractivity contribution in [3.05, 3.63) is 102 Å². The van der Waals surface area contributed by atoms with E-state index in [0.29, 0.717) is 40.2 Å². The van der Waals surface area contributed by atoms with Crippen LogP contribution in [0.25, 0.3) is 22.2 Å². The van der Waals surface area contributed by atoms with Crippen LogP contribution in [0.1, 0.15) is 18.5 Å². The van der Waals surface area contributed by atoms with Crippen molar-refractivity contribution >= 4 is 28.3 Å². The molecule has 6 rings (SSSR count).